The topological polar surface area (TPSA) is 52.6 Å². The smallest absolute Gasteiger partial charge is 0.333 e. The summed E-state index contributed by atoms with van der Waals surface area (Å²) in [6.45, 7) is 6.96. The van der Waals surface area contributed by atoms with Crippen molar-refractivity contribution in [2.75, 3.05) is 13.2 Å². The number of allylic oxidation sites excluding steroid dienone is 1. The highest BCUT2D eigenvalue weighted by Crippen LogP contribution is 2.25. The number of rotatable bonds is 6. The summed E-state index contributed by atoms with van der Waals surface area (Å²) in [5.41, 5.74) is 0.979. The Balaban J connectivity index is 2.25. The van der Waals surface area contributed by atoms with Gasteiger partial charge in [-0.15, -0.1) is 0 Å². The third kappa shape index (κ3) is 6.04. The molecule has 0 N–H and O–H groups in total. The van der Waals surface area contributed by atoms with Gasteiger partial charge in [0, 0.05) is 11.1 Å². The molecule has 0 aromatic carbocycles. The lowest BCUT2D eigenvalue weighted by Gasteiger charge is -2.18. The standard InChI is InChI=1S/C16H24O4/c1-12(2)15(17)19-9-10-20-16(18)13(3)11-14-7-5-4-6-8-14/h11,14H,1,4-10H2,2-3H3. The van der Waals surface area contributed by atoms with Gasteiger partial charge in [-0.05, 0) is 32.6 Å². The Morgan fingerprint density at radius 3 is 2.15 bits per heavy atom. The summed E-state index contributed by atoms with van der Waals surface area (Å²) < 4.78 is 9.91. The highest BCUT2D eigenvalue weighted by Gasteiger charge is 2.14. The Hall–Kier alpha value is -1.58. The summed E-state index contributed by atoms with van der Waals surface area (Å²) in [6, 6.07) is 0. The van der Waals surface area contributed by atoms with E-state index in [4.69, 9.17) is 9.47 Å². The van der Waals surface area contributed by atoms with Crippen LogP contribution in [0.4, 0.5) is 0 Å². The molecule has 1 aliphatic rings. The number of hydrogen-bond donors (Lipinski definition) is 0. The highest BCUT2D eigenvalue weighted by molar-refractivity contribution is 5.88. The quantitative estimate of drug-likeness (QED) is 0.426. The molecular formula is C16H24O4. The van der Waals surface area contributed by atoms with Crippen LogP contribution in [0, 0.1) is 5.92 Å². The van der Waals surface area contributed by atoms with Gasteiger partial charge in [-0.3, -0.25) is 0 Å². The van der Waals surface area contributed by atoms with Crippen molar-refractivity contribution in [3.8, 4) is 0 Å². The van der Waals surface area contributed by atoms with E-state index in [0.717, 1.165) is 12.8 Å². The van der Waals surface area contributed by atoms with E-state index in [-0.39, 0.29) is 19.2 Å². The lowest BCUT2D eigenvalue weighted by molar-refractivity contribution is -0.147. The van der Waals surface area contributed by atoms with Crippen molar-refractivity contribution in [1.29, 1.82) is 0 Å². The van der Waals surface area contributed by atoms with Gasteiger partial charge >= 0.3 is 11.9 Å². The van der Waals surface area contributed by atoms with Gasteiger partial charge in [0.2, 0.25) is 0 Å². The molecule has 4 nitrogen and oxygen atoms in total. The molecule has 1 fully saturated rings. The van der Waals surface area contributed by atoms with Crippen molar-refractivity contribution in [3.05, 3.63) is 23.8 Å². The maximum Gasteiger partial charge on any atom is 0.333 e. The van der Waals surface area contributed by atoms with Gasteiger partial charge in [0.1, 0.15) is 13.2 Å². The minimum atomic E-state index is -0.462. The second kappa shape index (κ2) is 8.56. The van der Waals surface area contributed by atoms with Crippen LogP contribution in [-0.2, 0) is 19.1 Å². The van der Waals surface area contributed by atoms with E-state index in [2.05, 4.69) is 6.58 Å². The zero-order valence-corrected chi connectivity index (χ0v) is 12.4. The molecule has 4 heteroatoms. The largest absolute Gasteiger partial charge is 0.459 e. The van der Waals surface area contributed by atoms with Crippen LogP contribution in [0.5, 0.6) is 0 Å². The molecule has 0 bridgehead atoms. The molecule has 1 saturated carbocycles. The van der Waals surface area contributed by atoms with Crippen LogP contribution >= 0.6 is 0 Å². The van der Waals surface area contributed by atoms with Gasteiger partial charge in [-0.1, -0.05) is 31.9 Å². The molecule has 0 atom stereocenters. The third-order valence-corrected chi connectivity index (χ3v) is 3.36. The van der Waals surface area contributed by atoms with Gasteiger partial charge in [-0.2, -0.15) is 0 Å². The molecule has 0 saturated heterocycles. The molecule has 0 spiro atoms. The van der Waals surface area contributed by atoms with Crippen LogP contribution < -0.4 is 0 Å². The molecule has 20 heavy (non-hydrogen) atoms. The first kappa shape index (κ1) is 16.5. The minimum Gasteiger partial charge on any atom is -0.459 e. The molecule has 1 rings (SSSR count). The Labute approximate surface area is 120 Å². The van der Waals surface area contributed by atoms with Crippen molar-refractivity contribution in [1.82, 2.24) is 0 Å². The van der Waals surface area contributed by atoms with Gasteiger partial charge in [0.15, 0.2) is 0 Å². The normalized spacial score (nSPS) is 16.6. The predicted molar refractivity (Wildman–Crippen MR) is 77.1 cm³/mol. The van der Waals surface area contributed by atoms with Crippen molar-refractivity contribution in [2.24, 2.45) is 5.92 Å². The van der Waals surface area contributed by atoms with Crippen molar-refractivity contribution in [2.45, 2.75) is 46.0 Å². The average Bonchev–Trinajstić information content (AvgIpc) is 2.43. The zero-order valence-electron chi connectivity index (χ0n) is 12.4. The predicted octanol–water partition coefficient (Wildman–Crippen LogP) is 3.18. The fraction of sp³-hybridized carbons (Fsp3) is 0.625. The lowest BCUT2D eigenvalue weighted by atomic mass is 9.88. The number of hydrogen-bond acceptors (Lipinski definition) is 4. The first-order valence-electron chi connectivity index (χ1n) is 7.19. The van der Waals surface area contributed by atoms with Gasteiger partial charge < -0.3 is 9.47 Å². The highest BCUT2D eigenvalue weighted by atomic mass is 16.6. The van der Waals surface area contributed by atoms with E-state index in [1.165, 1.54) is 19.3 Å². The molecule has 0 heterocycles. The number of ether oxygens (including phenoxy) is 2. The van der Waals surface area contributed by atoms with Crippen molar-refractivity contribution in [3.63, 3.8) is 0 Å². The summed E-state index contributed by atoms with van der Waals surface area (Å²) in [4.78, 5) is 22.9. The second-order valence-electron chi connectivity index (χ2n) is 5.30. The zero-order chi connectivity index (χ0) is 15.0. The van der Waals surface area contributed by atoms with E-state index in [1.807, 2.05) is 6.08 Å². The molecule has 0 aromatic rings. The second-order valence-corrected chi connectivity index (χ2v) is 5.30. The summed E-state index contributed by atoms with van der Waals surface area (Å²) in [5.74, 6) is -0.296. The summed E-state index contributed by atoms with van der Waals surface area (Å²) in [5, 5.41) is 0. The average molecular weight is 280 g/mol. The lowest BCUT2D eigenvalue weighted by Crippen LogP contribution is -2.15. The Kier molecular flexibility index (Phi) is 7.05. The Morgan fingerprint density at radius 1 is 1.05 bits per heavy atom. The van der Waals surface area contributed by atoms with E-state index in [1.54, 1.807) is 13.8 Å². The maximum absolute atomic E-state index is 11.7. The Bertz CT molecular complexity index is 389. The SMILES string of the molecule is C=C(C)C(=O)OCCOC(=O)C(C)=CC1CCCCC1. The van der Waals surface area contributed by atoms with Crippen LogP contribution in [0.2, 0.25) is 0 Å². The fourth-order valence-electron chi connectivity index (χ4n) is 2.23. The molecule has 0 unspecified atom stereocenters. The number of esters is 2. The summed E-state index contributed by atoms with van der Waals surface area (Å²) in [6.07, 6.45) is 8.09. The molecule has 0 aliphatic heterocycles. The maximum atomic E-state index is 11.7. The fourth-order valence-corrected chi connectivity index (χ4v) is 2.23. The first-order valence-corrected chi connectivity index (χ1v) is 7.19. The van der Waals surface area contributed by atoms with Crippen LogP contribution in [-0.4, -0.2) is 25.2 Å². The Morgan fingerprint density at radius 2 is 1.60 bits per heavy atom. The monoisotopic (exact) mass is 280 g/mol. The number of carbonyl (C=O) groups is 2. The molecular weight excluding hydrogens is 256 g/mol. The van der Waals surface area contributed by atoms with Crippen LogP contribution in [0.1, 0.15) is 46.0 Å². The summed E-state index contributed by atoms with van der Waals surface area (Å²) >= 11 is 0. The van der Waals surface area contributed by atoms with Crippen molar-refractivity contribution < 1.29 is 19.1 Å². The van der Waals surface area contributed by atoms with Gasteiger partial charge in [-0.25, -0.2) is 9.59 Å². The van der Waals surface area contributed by atoms with Gasteiger partial charge in [0.05, 0.1) is 0 Å². The van der Waals surface area contributed by atoms with E-state index in [0.29, 0.717) is 17.1 Å². The minimum absolute atomic E-state index is 0.0636. The van der Waals surface area contributed by atoms with Crippen LogP contribution in [0.3, 0.4) is 0 Å². The van der Waals surface area contributed by atoms with E-state index < -0.39 is 5.97 Å². The van der Waals surface area contributed by atoms with E-state index >= 15 is 0 Å². The molecule has 0 amide bonds. The molecule has 0 aromatic heterocycles. The molecule has 1 aliphatic carbocycles. The number of carbonyl (C=O) groups excluding carboxylic acids is 2. The summed E-state index contributed by atoms with van der Waals surface area (Å²) in [7, 11) is 0. The third-order valence-electron chi connectivity index (χ3n) is 3.36. The van der Waals surface area contributed by atoms with Crippen LogP contribution in [0.15, 0.2) is 23.8 Å². The molecule has 0 radical (unpaired) electrons. The van der Waals surface area contributed by atoms with E-state index in [9.17, 15) is 9.59 Å². The van der Waals surface area contributed by atoms with Crippen molar-refractivity contribution >= 4 is 11.9 Å². The first-order chi connectivity index (χ1) is 9.50. The van der Waals surface area contributed by atoms with Crippen LogP contribution in [0.25, 0.3) is 0 Å². The molecule has 112 valence electrons. The van der Waals surface area contributed by atoms with Gasteiger partial charge in [0.25, 0.3) is 0 Å².